The molecule has 0 rings (SSSR count). The fraction of sp³-hybridized carbons (Fsp3) is 0.909. The highest BCUT2D eigenvalue weighted by Crippen LogP contribution is 1.97. The van der Waals surface area contributed by atoms with Gasteiger partial charge in [0.15, 0.2) is 0 Å². The molecule has 1 amide bonds. The molecule has 3 heteroatoms. The Labute approximate surface area is 87.6 Å². The minimum atomic E-state index is 0.0956. The van der Waals surface area contributed by atoms with Crippen molar-refractivity contribution < 1.29 is 4.79 Å². The SMILES string of the molecule is CC(C)CNC(=O)CCNC(C)(C)C. The first-order chi connectivity index (χ1) is 6.31. The lowest BCUT2D eigenvalue weighted by molar-refractivity contribution is -0.121. The Balaban J connectivity index is 3.46. The van der Waals surface area contributed by atoms with E-state index in [9.17, 15) is 4.79 Å². The molecule has 0 radical (unpaired) electrons. The molecular formula is C11H24N2O. The molecule has 0 aromatic carbocycles. The van der Waals surface area contributed by atoms with E-state index >= 15 is 0 Å². The van der Waals surface area contributed by atoms with E-state index < -0.39 is 0 Å². The lowest BCUT2D eigenvalue weighted by atomic mass is 10.1. The highest BCUT2D eigenvalue weighted by molar-refractivity contribution is 5.76. The summed E-state index contributed by atoms with van der Waals surface area (Å²) in [7, 11) is 0. The quantitative estimate of drug-likeness (QED) is 0.707. The summed E-state index contributed by atoms with van der Waals surface area (Å²) in [5, 5.41) is 6.17. The van der Waals surface area contributed by atoms with Crippen molar-refractivity contribution in [1.29, 1.82) is 0 Å². The summed E-state index contributed by atoms with van der Waals surface area (Å²) in [4.78, 5) is 11.3. The highest BCUT2D eigenvalue weighted by atomic mass is 16.1. The van der Waals surface area contributed by atoms with E-state index in [1.807, 2.05) is 0 Å². The molecule has 0 saturated heterocycles. The number of rotatable bonds is 5. The smallest absolute Gasteiger partial charge is 0.221 e. The molecule has 0 heterocycles. The van der Waals surface area contributed by atoms with Crippen LogP contribution in [-0.2, 0) is 4.79 Å². The van der Waals surface area contributed by atoms with Gasteiger partial charge in [0.2, 0.25) is 5.91 Å². The van der Waals surface area contributed by atoms with Gasteiger partial charge in [-0.1, -0.05) is 13.8 Å². The van der Waals surface area contributed by atoms with Crippen molar-refractivity contribution in [3.63, 3.8) is 0 Å². The molecule has 0 atom stereocenters. The monoisotopic (exact) mass is 200 g/mol. The van der Waals surface area contributed by atoms with Crippen LogP contribution in [-0.4, -0.2) is 24.5 Å². The van der Waals surface area contributed by atoms with Crippen molar-refractivity contribution in [2.24, 2.45) is 5.92 Å². The fourth-order valence-corrected chi connectivity index (χ4v) is 0.957. The van der Waals surface area contributed by atoms with Gasteiger partial charge in [-0.2, -0.15) is 0 Å². The van der Waals surface area contributed by atoms with Crippen LogP contribution in [0.2, 0.25) is 0 Å². The first-order valence-electron chi connectivity index (χ1n) is 5.33. The van der Waals surface area contributed by atoms with Gasteiger partial charge in [-0.15, -0.1) is 0 Å². The molecule has 0 aliphatic rings. The van der Waals surface area contributed by atoms with Crippen LogP contribution in [0.3, 0.4) is 0 Å². The molecule has 0 bridgehead atoms. The van der Waals surface area contributed by atoms with Crippen LogP contribution in [0.15, 0.2) is 0 Å². The number of nitrogens with one attached hydrogen (secondary N) is 2. The van der Waals surface area contributed by atoms with E-state index in [1.165, 1.54) is 0 Å². The van der Waals surface area contributed by atoms with Crippen LogP contribution >= 0.6 is 0 Å². The molecule has 0 aliphatic heterocycles. The third-order valence-electron chi connectivity index (χ3n) is 1.71. The average Bonchev–Trinajstić information content (AvgIpc) is 1.98. The Kier molecular flexibility index (Phi) is 5.77. The molecule has 3 nitrogen and oxygen atoms in total. The van der Waals surface area contributed by atoms with Gasteiger partial charge in [-0.3, -0.25) is 4.79 Å². The van der Waals surface area contributed by atoms with Gasteiger partial charge < -0.3 is 10.6 Å². The summed E-state index contributed by atoms with van der Waals surface area (Å²) < 4.78 is 0. The van der Waals surface area contributed by atoms with E-state index in [0.717, 1.165) is 13.1 Å². The van der Waals surface area contributed by atoms with E-state index in [-0.39, 0.29) is 11.4 Å². The molecule has 84 valence electrons. The summed E-state index contributed by atoms with van der Waals surface area (Å²) in [5.74, 6) is 0.657. The molecule has 0 saturated carbocycles. The maximum atomic E-state index is 11.3. The Bertz CT molecular complexity index is 171. The van der Waals surface area contributed by atoms with E-state index in [1.54, 1.807) is 0 Å². The van der Waals surface area contributed by atoms with Crippen molar-refractivity contribution in [3.8, 4) is 0 Å². The van der Waals surface area contributed by atoms with Gasteiger partial charge in [-0.05, 0) is 26.7 Å². The molecule has 0 aromatic rings. The second-order valence-electron chi connectivity index (χ2n) is 5.12. The molecule has 0 unspecified atom stereocenters. The van der Waals surface area contributed by atoms with Crippen molar-refractivity contribution in [2.75, 3.05) is 13.1 Å². The Hall–Kier alpha value is -0.570. The van der Waals surface area contributed by atoms with E-state index in [0.29, 0.717) is 12.3 Å². The Morgan fingerprint density at radius 2 is 1.86 bits per heavy atom. The van der Waals surface area contributed by atoms with Crippen molar-refractivity contribution in [3.05, 3.63) is 0 Å². The van der Waals surface area contributed by atoms with Gasteiger partial charge >= 0.3 is 0 Å². The Morgan fingerprint density at radius 3 is 2.29 bits per heavy atom. The maximum absolute atomic E-state index is 11.3. The summed E-state index contributed by atoms with van der Waals surface area (Å²) in [6.07, 6.45) is 0.560. The minimum absolute atomic E-state index is 0.0956. The van der Waals surface area contributed by atoms with Gasteiger partial charge in [-0.25, -0.2) is 0 Å². The lowest BCUT2D eigenvalue weighted by Crippen LogP contribution is -2.38. The summed E-state index contributed by atoms with van der Waals surface area (Å²) >= 11 is 0. The zero-order valence-corrected chi connectivity index (χ0v) is 10.1. The number of carbonyl (C=O) groups is 1. The molecule has 2 N–H and O–H groups in total. The standard InChI is InChI=1S/C11H24N2O/c1-9(2)8-12-10(14)6-7-13-11(3,4)5/h9,13H,6-8H2,1-5H3,(H,12,14). The largest absolute Gasteiger partial charge is 0.356 e. The summed E-state index contributed by atoms with van der Waals surface area (Å²) in [6, 6.07) is 0. The number of hydrogen-bond acceptors (Lipinski definition) is 2. The van der Waals surface area contributed by atoms with Gasteiger partial charge in [0.25, 0.3) is 0 Å². The molecular weight excluding hydrogens is 176 g/mol. The molecule has 0 fully saturated rings. The maximum Gasteiger partial charge on any atom is 0.221 e. The molecule has 14 heavy (non-hydrogen) atoms. The third-order valence-corrected chi connectivity index (χ3v) is 1.71. The lowest BCUT2D eigenvalue weighted by Gasteiger charge is -2.20. The first-order valence-corrected chi connectivity index (χ1v) is 5.33. The van der Waals surface area contributed by atoms with Crippen LogP contribution in [0.1, 0.15) is 41.0 Å². The minimum Gasteiger partial charge on any atom is -0.356 e. The molecule has 0 aliphatic carbocycles. The number of hydrogen-bond donors (Lipinski definition) is 2. The predicted molar refractivity (Wildman–Crippen MR) is 60.2 cm³/mol. The van der Waals surface area contributed by atoms with Crippen molar-refractivity contribution in [1.82, 2.24) is 10.6 Å². The van der Waals surface area contributed by atoms with E-state index in [4.69, 9.17) is 0 Å². The van der Waals surface area contributed by atoms with Gasteiger partial charge in [0, 0.05) is 25.0 Å². The second-order valence-corrected chi connectivity index (χ2v) is 5.12. The normalized spacial score (nSPS) is 11.9. The van der Waals surface area contributed by atoms with E-state index in [2.05, 4.69) is 45.3 Å². The first kappa shape index (κ1) is 13.4. The van der Waals surface area contributed by atoms with Gasteiger partial charge in [0.05, 0.1) is 0 Å². The number of amides is 1. The van der Waals surface area contributed by atoms with Gasteiger partial charge in [0.1, 0.15) is 0 Å². The topological polar surface area (TPSA) is 41.1 Å². The highest BCUT2D eigenvalue weighted by Gasteiger charge is 2.09. The van der Waals surface area contributed by atoms with Crippen molar-refractivity contribution >= 4 is 5.91 Å². The second kappa shape index (κ2) is 6.02. The van der Waals surface area contributed by atoms with Crippen LogP contribution in [0.5, 0.6) is 0 Å². The fourth-order valence-electron chi connectivity index (χ4n) is 0.957. The zero-order valence-electron chi connectivity index (χ0n) is 10.1. The van der Waals surface area contributed by atoms with Crippen LogP contribution in [0, 0.1) is 5.92 Å². The van der Waals surface area contributed by atoms with Crippen molar-refractivity contribution in [2.45, 2.75) is 46.6 Å². The summed E-state index contributed by atoms with van der Waals surface area (Å²) in [6.45, 7) is 12.0. The Morgan fingerprint density at radius 1 is 1.29 bits per heavy atom. The van der Waals surface area contributed by atoms with Crippen LogP contribution in [0.25, 0.3) is 0 Å². The number of carbonyl (C=O) groups excluding carboxylic acids is 1. The average molecular weight is 200 g/mol. The summed E-state index contributed by atoms with van der Waals surface area (Å²) in [5.41, 5.74) is 0.0956. The van der Waals surface area contributed by atoms with Crippen LogP contribution < -0.4 is 10.6 Å². The third kappa shape index (κ3) is 9.52. The van der Waals surface area contributed by atoms with Crippen LogP contribution in [0.4, 0.5) is 0 Å². The zero-order chi connectivity index (χ0) is 11.2. The molecule has 0 spiro atoms. The molecule has 0 aromatic heterocycles. The predicted octanol–water partition coefficient (Wildman–Crippen LogP) is 1.54.